The van der Waals surface area contributed by atoms with Crippen molar-refractivity contribution in [1.82, 2.24) is 5.32 Å². The van der Waals surface area contributed by atoms with E-state index < -0.39 is 0 Å². The average molecular weight is 143 g/mol. The Kier molecular flexibility index (Phi) is 6.50. The fraction of sp³-hybridized carbons (Fsp3) is 0.875. The molecule has 60 valence electrons. The number of hydrogen-bond acceptors (Lipinski definition) is 2. The number of rotatable bonds is 6. The normalized spacial score (nSPS) is 13.0. The van der Waals surface area contributed by atoms with Crippen molar-refractivity contribution in [3.8, 4) is 0 Å². The second kappa shape index (κ2) is 6.75. The van der Waals surface area contributed by atoms with Crippen molar-refractivity contribution in [3.63, 3.8) is 0 Å². The van der Waals surface area contributed by atoms with Crippen LogP contribution in [0, 0.1) is 5.92 Å². The lowest BCUT2D eigenvalue weighted by molar-refractivity contribution is -0.108. The Labute approximate surface area is 63.0 Å². The molecule has 0 aromatic heterocycles. The van der Waals surface area contributed by atoms with Gasteiger partial charge < -0.3 is 10.1 Å². The Bertz CT molecular complexity index is 77.3. The molecule has 0 aliphatic rings. The average Bonchev–Trinajstić information content (AvgIpc) is 1.90. The van der Waals surface area contributed by atoms with E-state index in [4.69, 9.17) is 0 Å². The van der Waals surface area contributed by atoms with Gasteiger partial charge in [0.15, 0.2) is 0 Å². The van der Waals surface area contributed by atoms with Crippen molar-refractivity contribution in [3.05, 3.63) is 0 Å². The summed E-state index contributed by atoms with van der Waals surface area (Å²) in [5.74, 6) is 0.549. The van der Waals surface area contributed by atoms with E-state index in [0.29, 0.717) is 12.3 Å². The zero-order valence-electron chi connectivity index (χ0n) is 6.89. The Hall–Kier alpha value is -0.370. The Morgan fingerprint density at radius 2 is 2.30 bits per heavy atom. The molecule has 0 aromatic rings. The van der Waals surface area contributed by atoms with Crippen LogP contribution in [0.1, 0.15) is 26.2 Å². The highest BCUT2D eigenvalue weighted by atomic mass is 16.1. The van der Waals surface area contributed by atoms with E-state index in [2.05, 4.69) is 12.2 Å². The van der Waals surface area contributed by atoms with Gasteiger partial charge in [-0.3, -0.25) is 0 Å². The summed E-state index contributed by atoms with van der Waals surface area (Å²) in [5, 5.41) is 3.08. The van der Waals surface area contributed by atoms with Crippen LogP contribution in [-0.2, 0) is 4.79 Å². The van der Waals surface area contributed by atoms with Crippen LogP contribution in [0.25, 0.3) is 0 Å². The first kappa shape index (κ1) is 9.63. The van der Waals surface area contributed by atoms with Crippen molar-refractivity contribution in [2.45, 2.75) is 26.2 Å². The van der Waals surface area contributed by atoms with Crippen LogP contribution in [0.4, 0.5) is 0 Å². The quantitative estimate of drug-likeness (QED) is 0.566. The summed E-state index contributed by atoms with van der Waals surface area (Å²) < 4.78 is 0. The first-order chi connectivity index (χ1) is 4.85. The number of carbonyl (C=O) groups excluding carboxylic acids is 1. The van der Waals surface area contributed by atoms with Gasteiger partial charge in [-0.1, -0.05) is 13.3 Å². The van der Waals surface area contributed by atoms with E-state index in [0.717, 1.165) is 19.3 Å². The SMILES string of the molecule is CCCC(CC=O)CNC. The Balaban J connectivity index is 3.38. The molecule has 0 saturated carbocycles. The molecule has 0 aliphatic carbocycles. The van der Waals surface area contributed by atoms with Gasteiger partial charge in [0.05, 0.1) is 0 Å². The number of aldehydes is 1. The molecule has 0 fully saturated rings. The van der Waals surface area contributed by atoms with Crippen LogP contribution in [0.15, 0.2) is 0 Å². The largest absolute Gasteiger partial charge is 0.319 e. The standard InChI is InChI=1S/C8H17NO/c1-3-4-8(5-6-10)7-9-2/h6,8-9H,3-5,7H2,1-2H3. The summed E-state index contributed by atoms with van der Waals surface area (Å²) in [6.45, 7) is 3.11. The van der Waals surface area contributed by atoms with E-state index in [-0.39, 0.29) is 0 Å². The molecule has 0 amide bonds. The summed E-state index contributed by atoms with van der Waals surface area (Å²) >= 11 is 0. The van der Waals surface area contributed by atoms with Crippen molar-refractivity contribution in [1.29, 1.82) is 0 Å². The third-order valence-electron chi connectivity index (χ3n) is 1.62. The number of nitrogens with one attached hydrogen (secondary N) is 1. The van der Waals surface area contributed by atoms with Crippen molar-refractivity contribution < 1.29 is 4.79 Å². The van der Waals surface area contributed by atoms with Crippen LogP contribution >= 0.6 is 0 Å². The maximum atomic E-state index is 10.1. The topological polar surface area (TPSA) is 29.1 Å². The molecule has 1 N–H and O–H groups in total. The van der Waals surface area contributed by atoms with Gasteiger partial charge in [-0.25, -0.2) is 0 Å². The molecular formula is C8H17NO. The smallest absolute Gasteiger partial charge is 0.120 e. The summed E-state index contributed by atoms with van der Waals surface area (Å²) in [6, 6.07) is 0. The molecule has 0 aliphatic heterocycles. The lowest BCUT2D eigenvalue weighted by Crippen LogP contribution is -2.18. The lowest BCUT2D eigenvalue weighted by Gasteiger charge is -2.10. The predicted octanol–water partition coefficient (Wildman–Crippen LogP) is 1.21. The highest BCUT2D eigenvalue weighted by Gasteiger charge is 2.03. The third kappa shape index (κ3) is 4.50. The van der Waals surface area contributed by atoms with Gasteiger partial charge in [-0.2, -0.15) is 0 Å². The van der Waals surface area contributed by atoms with Gasteiger partial charge in [0.25, 0.3) is 0 Å². The number of hydrogen-bond donors (Lipinski definition) is 1. The van der Waals surface area contributed by atoms with Crippen LogP contribution in [0.2, 0.25) is 0 Å². The van der Waals surface area contributed by atoms with E-state index in [9.17, 15) is 4.79 Å². The molecule has 0 saturated heterocycles. The lowest BCUT2D eigenvalue weighted by atomic mass is 10.0. The minimum Gasteiger partial charge on any atom is -0.319 e. The minimum absolute atomic E-state index is 0.549. The highest BCUT2D eigenvalue weighted by molar-refractivity contribution is 5.49. The second-order valence-corrected chi connectivity index (χ2v) is 2.61. The summed E-state index contributed by atoms with van der Waals surface area (Å²) in [5.41, 5.74) is 0. The van der Waals surface area contributed by atoms with Crippen LogP contribution in [0.3, 0.4) is 0 Å². The molecule has 0 spiro atoms. The third-order valence-corrected chi connectivity index (χ3v) is 1.62. The summed E-state index contributed by atoms with van der Waals surface area (Å²) in [4.78, 5) is 10.1. The van der Waals surface area contributed by atoms with Crippen LogP contribution < -0.4 is 5.32 Å². The second-order valence-electron chi connectivity index (χ2n) is 2.61. The fourth-order valence-corrected chi connectivity index (χ4v) is 1.14. The van der Waals surface area contributed by atoms with Gasteiger partial charge in [-0.15, -0.1) is 0 Å². The van der Waals surface area contributed by atoms with Crippen molar-refractivity contribution >= 4 is 6.29 Å². The fourth-order valence-electron chi connectivity index (χ4n) is 1.14. The van der Waals surface area contributed by atoms with Crippen LogP contribution in [0.5, 0.6) is 0 Å². The minimum atomic E-state index is 0.549. The monoisotopic (exact) mass is 143 g/mol. The predicted molar refractivity (Wildman–Crippen MR) is 43.0 cm³/mol. The molecule has 1 unspecified atom stereocenters. The van der Waals surface area contributed by atoms with Gasteiger partial charge in [-0.05, 0) is 25.9 Å². The molecule has 2 nitrogen and oxygen atoms in total. The molecule has 0 bridgehead atoms. The van der Waals surface area contributed by atoms with E-state index in [1.54, 1.807) is 0 Å². The first-order valence-electron chi connectivity index (χ1n) is 3.93. The van der Waals surface area contributed by atoms with Crippen LogP contribution in [-0.4, -0.2) is 19.9 Å². The van der Waals surface area contributed by atoms with Gasteiger partial charge >= 0.3 is 0 Å². The molecule has 1 atom stereocenters. The highest BCUT2D eigenvalue weighted by Crippen LogP contribution is 2.07. The van der Waals surface area contributed by atoms with Crippen molar-refractivity contribution in [2.24, 2.45) is 5.92 Å². The molecule has 10 heavy (non-hydrogen) atoms. The van der Waals surface area contributed by atoms with E-state index >= 15 is 0 Å². The molecule has 0 heterocycles. The molecule has 0 rings (SSSR count). The van der Waals surface area contributed by atoms with Gasteiger partial charge in [0.2, 0.25) is 0 Å². The van der Waals surface area contributed by atoms with Gasteiger partial charge in [0.1, 0.15) is 6.29 Å². The summed E-state index contributed by atoms with van der Waals surface area (Å²) in [7, 11) is 1.92. The zero-order chi connectivity index (χ0) is 7.82. The Morgan fingerprint density at radius 3 is 2.70 bits per heavy atom. The molecule has 0 aromatic carbocycles. The van der Waals surface area contributed by atoms with E-state index in [1.807, 2.05) is 7.05 Å². The summed E-state index contributed by atoms with van der Waals surface area (Å²) in [6.07, 6.45) is 4.03. The maximum Gasteiger partial charge on any atom is 0.120 e. The van der Waals surface area contributed by atoms with Crippen molar-refractivity contribution in [2.75, 3.05) is 13.6 Å². The van der Waals surface area contributed by atoms with E-state index in [1.165, 1.54) is 6.42 Å². The van der Waals surface area contributed by atoms with Gasteiger partial charge in [0, 0.05) is 6.42 Å². The maximum absolute atomic E-state index is 10.1. The molecule has 0 radical (unpaired) electrons. The molecular weight excluding hydrogens is 126 g/mol. The number of carbonyl (C=O) groups is 1. The molecule has 2 heteroatoms. The first-order valence-corrected chi connectivity index (χ1v) is 3.93. The Morgan fingerprint density at radius 1 is 1.60 bits per heavy atom. The zero-order valence-corrected chi connectivity index (χ0v) is 6.89.